The summed E-state index contributed by atoms with van der Waals surface area (Å²) in [7, 11) is 1.72. The molecule has 116 valence electrons. The van der Waals surface area contributed by atoms with Crippen LogP contribution in [0.15, 0.2) is 0 Å². The number of quaternary nitrogens is 1. The third-order valence-corrected chi connectivity index (χ3v) is 2.11. The van der Waals surface area contributed by atoms with Crippen LogP contribution in [0.4, 0.5) is 4.79 Å². The summed E-state index contributed by atoms with van der Waals surface area (Å²) >= 11 is 0. The first kappa shape index (κ1) is 18.4. The Labute approximate surface area is 120 Å². The van der Waals surface area contributed by atoms with Crippen molar-refractivity contribution in [2.24, 2.45) is 0 Å². The molecule has 0 aliphatic heterocycles. The van der Waals surface area contributed by atoms with Crippen molar-refractivity contribution in [3.63, 3.8) is 0 Å². The van der Waals surface area contributed by atoms with Gasteiger partial charge in [0, 0.05) is 11.6 Å². The van der Waals surface area contributed by atoms with Crippen molar-refractivity contribution in [1.29, 1.82) is 0 Å². The van der Waals surface area contributed by atoms with Gasteiger partial charge in [-0.15, -0.1) is 0 Å². The molecule has 0 aliphatic carbocycles. The Morgan fingerprint density at radius 3 is 2.00 bits per heavy atom. The highest BCUT2D eigenvalue weighted by Gasteiger charge is 2.19. The SMILES string of the molecule is CC(C)NC(=O)NC(=O)C[NH+](C)CC(=O)NC(C)(C)C. The standard InChI is InChI=1S/C13H26N4O3/c1-9(2)14-12(20)15-10(18)7-17(6)8-11(19)16-13(3,4)5/h9H,7-8H2,1-6H3,(H,16,19)(H2,14,15,18,20)/p+1. The first-order chi connectivity index (χ1) is 8.99. The summed E-state index contributed by atoms with van der Waals surface area (Å²) in [5.41, 5.74) is -0.295. The molecular formula is C13H27N4O3+. The molecule has 0 heterocycles. The number of carbonyl (C=O) groups excluding carboxylic acids is 3. The Balaban J connectivity index is 4.08. The maximum atomic E-state index is 11.7. The van der Waals surface area contributed by atoms with E-state index >= 15 is 0 Å². The molecule has 4 N–H and O–H groups in total. The molecule has 0 aromatic carbocycles. The van der Waals surface area contributed by atoms with Crippen molar-refractivity contribution in [1.82, 2.24) is 16.0 Å². The lowest BCUT2D eigenvalue weighted by Crippen LogP contribution is -3.11. The van der Waals surface area contributed by atoms with Crippen LogP contribution in [-0.2, 0) is 9.59 Å². The fraction of sp³-hybridized carbons (Fsp3) is 0.769. The van der Waals surface area contributed by atoms with E-state index in [9.17, 15) is 14.4 Å². The van der Waals surface area contributed by atoms with Crippen LogP contribution in [0.5, 0.6) is 0 Å². The molecule has 0 aliphatic rings. The van der Waals surface area contributed by atoms with Crippen LogP contribution in [0.3, 0.4) is 0 Å². The molecule has 1 atom stereocenters. The normalized spacial score (nSPS) is 12.8. The van der Waals surface area contributed by atoms with E-state index in [1.54, 1.807) is 20.9 Å². The third kappa shape index (κ3) is 10.3. The Morgan fingerprint density at radius 2 is 1.55 bits per heavy atom. The molecule has 0 fully saturated rings. The van der Waals surface area contributed by atoms with Crippen LogP contribution < -0.4 is 20.9 Å². The zero-order valence-electron chi connectivity index (χ0n) is 13.2. The predicted octanol–water partition coefficient (Wildman–Crippen LogP) is -1.35. The fourth-order valence-electron chi connectivity index (χ4n) is 1.54. The van der Waals surface area contributed by atoms with Gasteiger partial charge >= 0.3 is 6.03 Å². The zero-order valence-corrected chi connectivity index (χ0v) is 13.2. The molecule has 0 aromatic heterocycles. The lowest BCUT2D eigenvalue weighted by Gasteiger charge is -2.21. The summed E-state index contributed by atoms with van der Waals surface area (Å²) in [6.45, 7) is 9.52. The van der Waals surface area contributed by atoms with Crippen LogP contribution in [0, 0.1) is 0 Å². The maximum absolute atomic E-state index is 11.7. The molecular weight excluding hydrogens is 260 g/mol. The number of nitrogens with one attached hydrogen (secondary N) is 4. The van der Waals surface area contributed by atoms with Crippen molar-refractivity contribution >= 4 is 17.8 Å². The van der Waals surface area contributed by atoms with Crippen molar-refractivity contribution in [3.8, 4) is 0 Å². The summed E-state index contributed by atoms with van der Waals surface area (Å²) in [4.78, 5) is 35.3. The van der Waals surface area contributed by atoms with Crippen LogP contribution in [0.25, 0.3) is 0 Å². The zero-order chi connectivity index (χ0) is 15.9. The molecule has 0 radical (unpaired) electrons. The number of imide groups is 1. The minimum absolute atomic E-state index is 0.0366. The number of likely N-dealkylation sites (N-methyl/N-ethyl adjacent to an activating group) is 1. The number of amides is 4. The lowest BCUT2D eigenvalue weighted by atomic mass is 10.1. The summed E-state index contributed by atoms with van der Waals surface area (Å²) in [5, 5.41) is 7.60. The first-order valence-corrected chi connectivity index (χ1v) is 6.72. The highest BCUT2D eigenvalue weighted by Crippen LogP contribution is 1.96. The van der Waals surface area contributed by atoms with E-state index in [2.05, 4.69) is 16.0 Å². The van der Waals surface area contributed by atoms with E-state index in [4.69, 9.17) is 0 Å². The van der Waals surface area contributed by atoms with E-state index in [0.29, 0.717) is 4.90 Å². The quantitative estimate of drug-likeness (QED) is 0.504. The lowest BCUT2D eigenvalue weighted by molar-refractivity contribution is -0.862. The van der Waals surface area contributed by atoms with Crippen molar-refractivity contribution < 1.29 is 19.3 Å². The average molecular weight is 287 g/mol. The molecule has 20 heavy (non-hydrogen) atoms. The van der Waals surface area contributed by atoms with Gasteiger partial charge in [-0.25, -0.2) is 4.79 Å². The van der Waals surface area contributed by atoms with Gasteiger partial charge in [0.05, 0.1) is 7.05 Å². The van der Waals surface area contributed by atoms with Gasteiger partial charge < -0.3 is 15.5 Å². The smallest absolute Gasteiger partial charge is 0.321 e. The van der Waals surface area contributed by atoms with Gasteiger partial charge in [-0.2, -0.15) is 0 Å². The van der Waals surface area contributed by atoms with Crippen LogP contribution in [0.2, 0.25) is 0 Å². The average Bonchev–Trinajstić information content (AvgIpc) is 2.09. The summed E-state index contributed by atoms with van der Waals surface area (Å²) in [6, 6.07) is -0.553. The molecule has 0 aromatic rings. The topological polar surface area (TPSA) is 91.7 Å². The molecule has 0 spiro atoms. The monoisotopic (exact) mass is 287 g/mol. The largest absolute Gasteiger partial charge is 0.347 e. The minimum atomic E-state index is -0.517. The van der Waals surface area contributed by atoms with E-state index < -0.39 is 11.9 Å². The van der Waals surface area contributed by atoms with Crippen molar-refractivity contribution in [2.45, 2.75) is 46.2 Å². The van der Waals surface area contributed by atoms with Crippen molar-refractivity contribution in [3.05, 3.63) is 0 Å². The highest BCUT2D eigenvalue weighted by molar-refractivity contribution is 5.94. The van der Waals surface area contributed by atoms with Gasteiger partial charge in [-0.1, -0.05) is 0 Å². The van der Waals surface area contributed by atoms with Gasteiger partial charge in [-0.05, 0) is 34.6 Å². The third-order valence-electron chi connectivity index (χ3n) is 2.11. The fourth-order valence-corrected chi connectivity index (χ4v) is 1.54. The molecule has 0 saturated carbocycles. The molecule has 0 bridgehead atoms. The second-order valence-corrected chi connectivity index (χ2v) is 6.29. The molecule has 1 unspecified atom stereocenters. The van der Waals surface area contributed by atoms with Crippen LogP contribution in [-0.4, -0.2) is 49.6 Å². The summed E-state index contributed by atoms with van der Waals surface area (Å²) in [5.74, 6) is -0.543. The second kappa shape index (κ2) is 7.84. The van der Waals surface area contributed by atoms with Gasteiger partial charge in [0.25, 0.3) is 11.8 Å². The summed E-state index contributed by atoms with van der Waals surface area (Å²) in [6.07, 6.45) is 0. The molecule has 7 nitrogen and oxygen atoms in total. The van der Waals surface area contributed by atoms with Crippen LogP contribution >= 0.6 is 0 Å². The van der Waals surface area contributed by atoms with Gasteiger partial charge in [-0.3, -0.25) is 14.9 Å². The molecule has 0 saturated heterocycles. The predicted molar refractivity (Wildman–Crippen MR) is 76.3 cm³/mol. The first-order valence-electron chi connectivity index (χ1n) is 6.72. The molecule has 7 heteroatoms. The number of rotatable bonds is 5. The Hall–Kier alpha value is -1.63. The van der Waals surface area contributed by atoms with E-state index in [1.165, 1.54) is 0 Å². The number of urea groups is 1. The van der Waals surface area contributed by atoms with Gasteiger partial charge in [0.15, 0.2) is 13.1 Å². The number of hydrogen-bond donors (Lipinski definition) is 4. The summed E-state index contributed by atoms with van der Waals surface area (Å²) < 4.78 is 0. The van der Waals surface area contributed by atoms with Gasteiger partial charge in [0.2, 0.25) is 0 Å². The van der Waals surface area contributed by atoms with Gasteiger partial charge in [0.1, 0.15) is 0 Å². The minimum Gasteiger partial charge on any atom is -0.347 e. The maximum Gasteiger partial charge on any atom is 0.321 e. The second-order valence-electron chi connectivity index (χ2n) is 6.29. The Kier molecular flexibility index (Phi) is 7.20. The van der Waals surface area contributed by atoms with E-state index in [0.717, 1.165) is 0 Å². The highest BCUT2D eigenvalue weighted by atomic mass is 16.2. The number of hydrogen-bond acceptors (Lipinski definition) is 3. The molecule has 4 amide bonds. The Bertz CT molecular complexity index is 361. The van der Waals surface area contributed by atoms with Crippen molar-refractivity contribution in [2.75, 3.05) is 20.1 Å². The van der Waals surface area contributed by atoms with E-state index in [1.807, 2.05) is 20.8 Å². The Morgan fingerprint density at radius 1 is 1.05 bits per heavy atom. The van der Waals surface area contributed by atoms with Crippen LogP contribution in [0.1, 0.15) is 34.6 Å². The number of carbonyl (C=O) groups is 3. The van der Waals surface area contributed by atoms with E-state index in [-0.39, 0.29) is 30.6 Å². The molecule has 0 rings (SSSR count).